The van der Waals surface area contributed by atoms with Gasteiger partial charge in [0.2, 0.25) is 5.91 Å². The number of ether oxygens (including phenoxy) is 3. The molecule has 0 saturated carbocycles. The number of halogens is 1. The molecule has 1 atom stereocenters. The van der Waals surface area contributed by atoms with E-state index in [-0.39, 0.29) is 12.0 Å². The molecule has 0 spiro atoms. The second-order valence-electron chi connectivity index (χ2n) is 7.69. The Balaban J connectivity index is 1.49. The third-order valence-electron chi connectivity index (χ3n) is 5.46. The predicted molar refractivity (Wildman–Crippen MR) is 135 cm³/mol. The Bertz CT molecular complexity index is 1040. The molecule has 1 aliphatic rings. The fraction of sp³-hybridized carbons (Fsp3) is 0.417. The van der Waals surface area contributed by atoms with Crippen LogP contribution in [0.15, 0.2) is 41.3 Å². The highest BCUT2D eigenvalue weighted by Gasteiger charge is 2.27. The van der Waals surface area contributed by atoms with Gasteiger partial charge < -0.3 is 14.2 Å². The lowest BCUT2D eigenvalue weighted by atomic mass is 10.2. The molecule has 2 aromatic carbocycles. The number of benzene rings is 2. The molecular formula is C24H27ClN2O4S2. The van der Waals surface area contributed by atoms with Crippen molar-refractivity contribution in [1.29, 1.82) is 0 Å². The number of methoxy groups -OCH3 is 2. The highest BCUT2D eigenvalue weighted by atomic mass is 35.5. The van der Waals surface area contributed by atoms with Gasteiger partial charge in [0.15, 0.2) is 5.13 Å². The van der Waals surface area contributed by atoms with Crippen molar-refractivity contribution in [2.75, 3.05) is 38.0 Å². The first-order valence-corrected chi connectivity index (χ1v) is 13.1. The summed E-state index contributed by atoms with van der Waals surface area (Å²) in [7, 11) is 3.25. The van der Waals surface area contributed by atoms with Gasteiger partial charge in [0.25, 0.3) is 0 Å². The van der Waals surface area contributed by atoms with E-state index in [2.05, 4.69) is 0 Å². The average molecular weight is 507 g/mol. The molecule has 1 unspecified atom stereocenters. The van der Waals surface area contributed by atoms with Crippen LogP contribution in [0.3, 0.4) is 0 Å². The van der Waals surface area contributed by atoms with Crippen molar-refractivity contribution in [3.8, 4) is 11.5 Å². The Morgan fingerprint density at radius 2 is 1.97 bits per heavy atom. The number of anilines is 1. The third-order valence-corrected chi connectivity index (χ3v) is 7.90. The highest BCUT2D eigenvalue weighted by molar-refractivity contribution is 7.99. The van der Waals surface area contributed by atoms with Crippen LogP contribution in [-0.4, -0.2) is 50.1 Å². The average Bonchev–Trinajstić information content (AvgIpc) is 3.50. The molecule has 9 heteroatoms. The second-order valence-corrected chi connectivity index (χ2v) is 10.3. The number of thiazole rings is 1. The number of hydrogen-bond donors (Lipinski definition) is 0. The Morgan fingerprint density at radius 1 is 1.21 bits per heavy atom. The van der Waals surface area contributed by atoms with Crippen LogP contribution in [0.5, 0.6) is 11.5 Å². The number of nitrogens with zero attached hydrogens (tertiary/aromatic N) is 2. The molecule has 0 aliphatic carbocycles. The molecule has 3 aromatic rings. The summed E-state index contributed by atoms with van der Waals surface area (Å²) in [6.07, 6.45) is 3.22. The van der Waals surface area contributed by atoms with Crippen LogP contribution < -0.4 is 14.4 Å². The summed E-state index contributed by atoms with van der Waals surface area (Å²) in [5.74, 6) is 2.29. The van der Waals surface area contributed by atoms with E-state index >= 15 is 0 Å². The lowest BCUT2D eigenvalue weighted by Gasteiger charge is -2.23. The van der Waals surface area contributed by atoms with Crippen molar-refractivity contribution < 1.29 is 19.0 Å². The van der Waals surface area contributed by atoms with Gasteiger partial charge in [-0.15, -0.1) is 11.8 Å². The van der Waals surface area contributed by atoms with Crippen molar-refractivity contribution in [1.82, 2.24) is 4.98 Å². The zero-order valence-corrected chi connectivity index (χ0v) is 21.1. The predicted octanol–water partition coefficient (Wildman–Crippen LogP) is 6.05. The number of carbonyl (C=O) groups is 1. The van der Waals surface area contributed by atoms with Gasteiger partial charge in [-0.2, -0.15) is 0 Å². The summed E-state index contributed by atoms with van der Waals surface area (Å²) in [5.41, 5.74) is 0.709. The molecule has 1 saturated heterocycles. The van der Waals surface area contributed by atoms with Gasteiger partial charge in [-0.25, -0.2) is 4.98 Å². The molecule has 1 fully saturated rings. The van der Waals surface area contributed by atoms with Crippen molar-refractivity contribution in [2.24, 2.45) is 0 Å². The minimum absolute atomic E-state index is 0.0354. The van der Waals surface area contributed by atoms with Crippen LogP contribution in [-0.2, 0) is 9.53 Å². The summed E-state index contributed by atoms with van der Waals surface area (Å²) in [5, 5.41) is 1.38. The molecule has 0 bridgehead atoms. The maximum atomic E-state index is 13.3. The minimum Gasteiger partial charge on any atom is -0.495 e. The monoisotopic (exact) mass is 506 g/mol. The van der Waals surface area contributed by atoms with Crippen LogP contribution >= 0.6 is 34.7 Å². The molecule has 1 amide bonds. The van der Waals surface area contributed by atoms with Gasteiger partial charge in [-0.3, -0.25) is 9.69 Å². The Labute approximate surface area is 207 Å². The van der Waals surface area contributed by atoms with Gasteiger partial charge in [0.05, 0.1) is 26.9 Å². The number of fused-ring (bicyclic) bond motifs is 1. The number of amides is 1. The Kier molecular flexibility index (Phi) is 8.35. The summed E-state index contributed by atoms with van der Waals surface area (Å²) in [6.45, 7) is 1.25. The molecule has 6 nitrogen and oxygen atoms in total. The highest BCUT2D eigenvalue weighted by Crippen LogP contribution is 2.40. The van der Waals surface area contributed by atoms with Crippen molar-refractivity contribution >= 4 is 56.0 Å². The summed E-state index contributed by atoms with van der Waals surface area (Å²) < 4.78 is 17.7. The lowest BCUT2D eigenvalue weighted by molar-refractivity contribution is -0.119. The zero-order valence-electron chi connectivity index (χ0n) is 18.7. The van der Waals surface area contributed by atoms with Crippen LogP contribution in [0.2, 0.25) is 5.02 Å². The first kappa shape index (κ1) is 24.1. The van der Waals surface area contributed by atoms with E-state index in [0.717, 1.165) is 52.0 Å². The van der Waals surface area contributed by atoms with Crippen LogP contribution in [0.4, 0.5) is 5.13 Å². The molecule has 176 valence electrons. The maximum absolute atomic E-state index is 13.3. The fourth-order valence-electron chi connectivity index (χ4n) is 3.75. The van der Waals surface area contributed by atoms with Gasteiger partial charge in [-0.1, -0.05) is 22.9 Å². The quantitative estimate of drug-likeness (QED) is 0.246. The van der Waals surface area contributed by atoms with E-state index in [0.29, 0.717) is 29.4 Å². The number of thioether (sulfide) groups is 1. The molecule has 0 N–H and O–H groups in total. The van der Waals surface area contributed by atoms with E-state index < -0.39 is 0 Å². The molecule has 2 heterocycles. The Hall–Kier alpha value is -2.00. The van der Waals surface area contributed by atoms with Gasteiger partial charge >= 0.3 is 0 Å². The molecule has 1 aliphatic heterocycles. The molecule has 33 heavy (non-hydrogen) atoms. The first-order chi connectivity index (χ1) is 16.1. The first-order valence-electron chi connectivity index (χ1n) is 10.9. The molecule has 4 rings (SSSR count). The van der Waals surface area contributed by atoms with Crippen LogP contribution in [0.1, 0.15) is 25.7 Å². The lowest BCUT2D eigenvalue weighted by Crippen LogP contribution is -2.37. The number of aromatic nitrogens is 1. The van der Waals surface area contributed by atoms with Crippen molar-refractivity contribution in [3.05, 3.63) is 41.4 Å². The smallest absolute Gasteiger partial charge is 0.228 e. The van der Waals surface area contributed by atoms with Gasteiger partial charge in [-0.05, 0) is 61.4 Å². The normalized spacial score (nSPS) is 15.7. The van der Waals surface area contributed by atoms with E-state index in [1.807, 2.05) is 36.4 Å². The number of hydrogen-bond acceptors (Lipinski definition) is 7. The maximum Gasteiger partial charge on any atom is 0.228 e. The molecule has 0 radical (unpaired) electrons. The zero-order chi connectivity index (χ0) is 23.2. The van der Waals surface area contributed by atoms with E-state index in [4.69, 9.17) is 30.8 Å². The second kappa shape index (κ2) is 11.4. The Morgan fingerprint density at radius 3 is 2.67 bits per heavy atom. The molecule has 1 aromatic heterocycles. The van der Waals surface area contributed by atoms with Crippen LogP contribution in [0.25, 0.3) is 10.2 Å². The summed E-state index contributed by atoms with van der Waals surface area (Å²) >= 11 is 9.13. The summed E-state index contributed by atoms with van der Waals surface area (Å²) in [6, 6.07) is 11.5. The van der Waals surface area contributed by atoms with Crippen molar-refractivity contribution in [3.63, 3.8) is 0 Å². The van der Waals surface area contributed by atoms with E-state index in [9.17, 15) is 4.79 Å². The minimum atomic E-state index is 0.0354. The van der Waals surface area contributed by atoms with Gasteiger partial charge in [0.1, 0.15) is 21.7 Å². The SMILES string of the molecule is COc1ccc(OC)c2sc(N(CC3CCCO3)C(=O)CCCSc3ccc(Cl)cc3)nc12. The van der Waals surface area contributed by atoms with Crippen molar-refractivity contribution in [2.45, 2.75) is 36.7 Å². The number of rotatable bonds is 10. The largest absolute Gasteiger partial charge is 0.495 e. The van der Waals surface area contributed by atoms with Crippen LogP contribution in [0, 0.1) is 0 Å². The topological polar surface area (TPSA) is 60.9 Å². The summed E-state index contributed by atoms with van der Waals surface area (Å²) in [4.78, 5) is 21.0. The number of carbonyl (C=O) groups excluding carboxylic acids is 1. The van der Waals surface area contributed by atoms with E-state index in [1.54, 1.807) is 30.9 Å². The molecular weight excluding hydrogens is 480 g/mol. The van der Waals surface area contributed by atoms with Gasteiger partial charge in [0, 0.05) is 22.9 Å². The van der Waals surface area contributed by atoms with E-state index in [1.165, 1.54) is 11.3 Å². The fourth-order valence-corrected chi connectivity index (χ4v) is 5.83. The third kappa shape index (κ3) is 5.93. The standard InChI is InChI=1S/C24H27ClN2O4S2/c1-29-19-11-12-20(30-2)23-22(19)26-24(33-23)27(15-17-5-3-13-31-17)21(28)6-4-14-32-18-9-7-16(25)8-10-18/h7-12,17H,3-6,13-15H2,1-2H3.